The molecule has 0 radical (unpaired) electrons. The van der Waals surface area contributed by atoms with E-state index in [9.17, 15) is 18.0 Å². The average Bonchev–Trinajstić information content (AvgIpc) is 2.53. The molecule has 0 aliphatic rings. The second kappa shape index (κ2) is 7.83. The van der Waals surface area contributed by atoms with Crippen LogP contribution in [-0.2, 0) is 11.0 Å². The minimum Gasteiger partial charge on any atom is -0.482 e. The van der Waals surface area contributed by atoms with Crippen LogP contribution in [0.2, 0.25) is 5.02 Å². The van der Waals surface area contributed by atoms with Crippen molar-refractivity contribution in [2.45, 2.75) is 6.18 Å². The average molecular weight is 357 g/mol. The zero-order valence-electron chi connectivity index (χ0n) is 12.2. The molecule has 126 valence electrons. The van der Waals surface area contributed by atoms with Crippen LogP contribution in [0.4, 0.5) is 13.2 Å². The van der Waals surface area contributed by atoms with Gasteiger partial charge in [-0.3, -0.25) is 4.79 Å². The number of rotatable bonds is 5. The molecule has 0 saturated carbocycles. The third-order valence-corrected chi connectivity index (χ3v) is 3.17. The maximum atomic E-state index is 12.8. The highest BCUT2D eigenvalue weighted by molar-refractivity contribution is 6.32. The van der Waals surface area contributed by atoms with Gasteiger partial charge in [-0.15, -0.1) is 0 Å². The minimum atomic E-state index is -4.50. The van der Waals surface area contributed by atoms with E-state index < -0.39 is 17.6 Å². The molecule has 2 aromatic carbocycles. The lowest BCUT2D eigenvalue weighted by molar-refractivity contribution is -0.137. The molecule has 0 bridgehead atoms. The molecule has 8 heteroatoms. The van der Waals surface area contributed by atoms with Gasteiger partial charge in [-0.25, -0.2) is 5.43 Å². The number of nitrogens with zero attached hydrogens (tertiary/aromatic N) is 1. The van der Waals surface area contributed by atoms with Crippen LogP contribution >= 0.6 is 11.6 Å². The Kier molecular flexibility index (Phi) is 5.81. The van der Waals surface area contributed by atoms with Gasteiger partial charge in [0.2, 0.25) is 0 Å². The van der Waals surface area contributed by atoms with Gasteiger partial charge in [0.05, 0.1) is 16.8 Å². The monoisotopic (exact) mass is 356 g/mol. The molecular formula is C16H12ClF3N2O2. The molecule has 0 saturated heterocycles. The summed E-state index contributed by atoms with van der Waals surface area (Å²) in [7, 11) is 0. The van der Waals surface area contributed by atoms with Crippen LogP contribution in [0.1, 0.15) is 11.1 Å². The zero-order valence-corrected chi connectivity index (χ0v) is 12.9. The van der Waals surface area contributed by atoms with Gasteiger partial charge < -0.3 is 4.74 Å². The minimum absolute atomic E-state index is 0.155. The molecule has 0 aromatic heterocycles. The van der Waals surface area contributed by atoms with Crippen LogP contribution in [0.15, 0.2) is 53.6 Å². The van der Waals surface area contributed by atoms with Crippen molar-refractivity contribution in [3.8, 4) is 5.75 Å². The molecule has 0 aliphatic carbocycles. The van der Waals surface area contributed by atoms with E-state index in [1.54, 1.807) is 24.3 Å². The van der Waals surface area contributed by atoms with E-state index in [0.717, 1.165) is 12.3 Å². The number of ether oxygens (including phenoxy) is 1. The van der Waals surface area contributed by atoms with Crippen molar-refractivity contribution in [3.05, 3.63) is 64.7 Å². The summed E-state index contributed by atoms with van der Waals surface area (Å²) >= 11 is 5.86. The van der Waals surface area contributed by atoms with Gasteiger partial charge in [-0.05, 0) is 18.2 Å². The fourth-order valence-corrected chi connectivity index (χ4v) is 1.97. The summed E-state index contributed by atoms with van der Waals surface area (Å²) in [5.41, 5.74) is 1.10. The Bertz CT molecular complexity index is 748. The van der Waals surface area contributed by atoms with Crippen molar-refractivity contribution in [1.82, 2.24) is 5.43 Å². The van der Waals surface area contributed by atoms with Crippen LogP contribution in [0.3, 0.4) is 0 Å². The molecular weight excluding hydrogens is 345 g/mol. The molecule has 24 heavy (non-hydrogen) atoms. The SMILES string of the molecule is O=C(COc1ccccc1Cl)NN=Cc1ccccc1C(F)(F)F. The molecule has 0 aliphatic heterocycles. The van der Waals surface area contributed by atoms with Gasteiger partial charge in [-0.2, -0.15) is 18.3 Å². The van der Waals surface area contributed by atoms with Crippen LogP contribution in [-0.4, -0.2) is 18.7 Å². The van der Waals surface area contributed by atoms with E-state index in [0.29, 0.717) is 10.8 Å². The molecule has 1 N–H and O–H groups in total. The Balaban J connectivity index is 1.93. The van der Waals surface area contributed by atoms with Gasteiger partial charge in [0.1, 0.15) is 5.75 Å². The molecule has 0 spiro atoms. The number of carbonyl (C=O) groups excluding carboxylic acids is 1. The zero-order chi connectivity index (χ0) is 17.6. The lowest BCUT2D eigenvalue weighted by Gasteiger charge is -2.09. The summed E-state index contributed by atoms with van der Waals surface area (Å²) in [6, 6.07) is 11.5. The fraction of sp³-hybridized carbons (Fsp3) is 0.125. The van der Waals surface area contributed by atoms with Gasteiger partial charge in [0, 0.05) is 5.56 Å². The number of hydrazone groups is 1. The summed E-state index contributed by atoms with van der Waals surface area (Å²) in [6.07, 6.45) is -3.57. The van der Waals surface area contributed by atoms with E-state index in [1.807, 2.05) is 0 Å². The first-order chi connectivity index (χ1) is 11.4. The number of hydrogen-bond acceptors (Lipinski definition) is 3. The van der Waals surface area contributed by atoms with Crippen molar-refractivity contribution >= 4 is 23.7 Å². The molecule has 2 aromatic rings. The number of alkyl halides is 3. The molecule has 0 unspecified atom stereocenters. The summed E-state index contributed by atoms with van der Waals surface area (Å²) in [4.78, 5) is 11.6. The Morgan fingerprint density at radius 2 is 1.83 bits per heavy atom. The van der Waals surface area contributed by atoms with Crippen LogP contribution in [0, 0.1) is 0 Å². The quantitative estimate of drug-likeness (QED) is 0.652. The Morgan fingerprint density at radius 1 is 1.17 bits per heavy atom. The maximum Gasteiger partial charge on any atom is 0.417 e. The first kappa shape index (κ1) is 17.8. The Morgan fingerprint density at radius 3 is 2.54 bits per heavy atom. The number of halogens is 4. The largest absolute Gasteiger partial charge is 0.482 e. The summed E-state index contributed by atoms with van der Waals surface area (Å²) in [5.74, 6) is -0.309. The van der Waals surface area contributed by atoms with Gasteiger partial charge in [0.25, 0.3) is 5.91 Å². The normalized spacial score (nSPS) is 11.5. The highest BCUT2D eigenvalue weighted by Crippen LogP contribution is 2.31. The van der Waals surface area contributed by atoms with E-state index in [4.69, 9.17) is 16.3 Å². The summed E-state index contributed by atoms with van der Waals surface area (Å²) < 4.78 is 43.6. The van der Waals surface area contributed by atoms with Crippen LogP contribution < -0.4 is 10.2 Å². The Hall–Kier alpha value is -2.54. The Labute approximate surface area is 140 Å². The van der Waals surface area contributed by atoms with Gasteiger partial charge >= 0.3 is 6.18 Å². The molecule has 4 nitrogen and oxygen atoms in total. The maximum absolute atomic E-state index is 12.8. The standard InChI is InChI=1S/C16H12ClF3N2O2/c17-13-7-3-4-8-14(13)24-10-15(23)22-21-9-11-5-1-2-6-12(11)16(18,19)20/h1-9H,10H2,(H,22,23). The topological polar surface area (TPSA) is 50.7 Å². The molecule has 0 fully saturated rings. The number of hydrogen-bond donors (Lipinski definition) is 1. The second-order valence-corrected chi connectivity index (χ2v) is 5.00. The molecule has 1 amide bonds. The van der Waals surface area contributed by atoms with Crippen molar-refractivity contribution in [2.75, 3.05) is 6.61 Å². The third-order valence-electron chi connectivity index (χ3n) is 2.85. The van der Waals surface area contributed by atoms with Gasteiger partial charge in [0.15, 0.2) is 6.61 Å². The highest BCUT2D eigenvalue weighted by atomic mass is 35.5. The second-order valence-electron chi connectivity index (χ2n) is 4.60. The molecule has 2 rings (SSSR count). The van der Waals surface area contributed by atoms with Crippen molar-refractivity contribution < 1.29 is 22.7 Å². The predicted molar refractivity (Wildman–Crippen MR) is 84.1 cm³/mol. The smallest absolute Gasteiger partial charge is 0.417 e. The van der Waals surface area contributed by atoms with Crippen molar-refractivity contribution in [1.29, 1.82) is 0 Å². The highest BCUT2D eigenvalue weighted by Gasteiger charge is 2.32. The fourth-order valence-electron chi connectivity index (χ4n) is 1.78. The lowest BCUT2D eigenvalue weighted by atomic mass is 10.1. The van der Waals surface area contributed by atoms with Crippen molar-refractivity contribution in [3.63, 3.8) is 0 Å². The van der Waals surface area contributed by atoms with Crippen LogP contribution in [0.5, 0.6) is 5.75 Å². The van der Waals surface area contributed by atoms with Gasteiger partial charge in [-0.1, -0.05) is 41.9 Å². The number of carbonyl (C=O) groups is 1. The molecule has 0 atom stereocenters. The number of benzene rings is 2. The number of para-hydroxylation sites is 1. The van der Waals surface area contributed by atoms with E-state index >= 15 is 0 Å². The lowest BCUT2D eigenvalue weighted by Crippen LogP contribution is -2.24. The first-order valence-electron chi connectivity index (χ1n) is 6.73. The van der Waals surface area contributed by atoms with E-state index in [1.165, 1.54) is 18.2 Å². The number of nitrogens with one attached hydrogen (secondary N) is 1. The third kappa shape index (κ3) is 4.99. The predicted octanol–water partition coefficient (Wildman–Crippen LogP) is 3.89. The van der Waals surface area contributed by atoms with Crippen molar-refractivity contribution in [2.24, 2.45) is 5.10 Å². The van der Waals surface area contributed by atoms with Crippen LogP contribution in [0.25, 0.3) is 0 Å². The summed E-state index contributed by atoms with van der Waals surface area (Å²) in [5, 5.41) is 3.85. The summed E-state index contributed by atoms with van der Waals surface area (Å²) in [6.45, 7) is -0.373. The first-order valence-corrected chi connectivity index (χ1v) is 7.11. The van der Waals surface area contributed by atoms with E-state index in [-0.39, 0.29) is 12.2 Å². The number of amides is 1. The molecule has 0 heterocycles. The van der Waals surface area contributed by atoms with E-state index in [2.05, 4.69) is 10.5 Å².